The van der Waals surface area contributed by atoms with Crippen LogP contribution >= 0.6 is 0 Å². The molecule has 3 fully saturated rings. The summed E-state index contributed by atoms with van der Waals surface area (Å²) in [5, 5.41) is 3.45. The van der Waals surface area contributed by atoms with Gasteiger partial charge in [-0.15, -0.1) is 0 Å². The Balaban J connectivity index is 1.68. The van der Waals surface area contributed by atoms with E-state index in [9.17, 15) is 4.79 Å². The number of carbonyl (C=O) groups excluding carboxylic acids is 1. The normalized spacial score (nSPS) is 45.2. The zero-order chi connectivity index (χ0) is 14.3. The van der Waals surface area contributed by atoms with E-state index in [0.29, 0.717) is 35.9 Å². The van der Waals surface area contributed by atoms with Gasteiger partial charge in [-0.2, -0.15) is 0 Å². The number of nitrogens with zero attached hydrogens (tertiary/aromatic N) is 1. The fraction of sp³-hybridized carbons (Fsp3) is 0.938. The van der Waals surface area contributed by atoms with Gasteiger partial charge in [0.05, 0.1) is 0 Å². The molecule has 3 rings (SSSR count). The molecule has 0 radical (unpaired) electrons. The lowest BCUT2D eigenvalue weighted by molar-refractivity contribution is -0.142. The Labute approximate surface area is 122 Å². The summed E-state index contributed by atoms with van der Waals surface area (Å²) in [6.45, 7) is 6.14. The van der Waals surface area contributed by atoms with Crippen molar-refractivity contribution >= 4 is 5.91 Å². The van der Waals surface area contributed by atoms with Crippen LogP contribution in [0.15, 0.2) is 0 Å². The van der Waals surface area contributed by atoms with Gasteiger partial charge in [0.15, 0.2) is 0 Å². The maximum absolute atomic E-state index is 12.9. The summed E-state index contributed by atoms with van der Waals surface area (Å²) in [4.78, 5) is 15.0. The Bertz CT molecular complexity index is 359. The predicted molar refractivity (Wildman–Crippen MR) is 80.2 cm³/mol. The highest BCUT2D eigenvalue weighted by molar-refractivity contribution is 5.79. The minimum absolute atomic E-state index is 0.234. The number of rotatable bonds is 1. The molecule has 4 nitrogen and oxygen atoms in total. The number of hydrogen-bond donors (Lipinski definition) is 2. The molecular weight excluding hydrogens is 250 g/mol. The van der Waals surface area contributed by atoms with Gasteiger partial charge in [-0.3, -0.25) is 4.79 Å². The maximum Gasteiger partial charge on any atom is 0.226 e. The van der Waals surface area contributed by atoms with Crippen LogP contribution in [0, 0.1) is 17.8 Å². The fourth-order valence-electron chi connectivity index (χ4n) is 4.59. The third-order valence-corrected chi connectivity index (χ3v) is 6.08. The molecule has 1 aliphatic heterocycles. The topological polar surface area (TPSA) is 58.4 Å². The molecular formula is C16H29N3O. The molecule has 3 aliphatic rings. The van der Waals surface area contributed by atoms with Gasteiger partial charge in [0.25, 0.3) is 0 Å². The minimum Gasteiger partial charge on any atom is -0.337 e. The van der Waals surface area contributed by atoms with Crippen molar-refractivity contribution in [3.63, 3.8) is 0 Å². The van der Waals surface area contributed by atoms with E-state index < -0.39 is 0 Å². The highest BCUT2D eigenvalue weighted by Gasteiger charge is 2.42. The number of carbonyl (C=O) groups is 1. The van der Waals surface area contributed by atoms with Crippen molar-refractivity contribution in [3.05, 3.63) is 0 Å². The number of amides is 1. The van der Waals surface area contributed by atoms with E-state index in [2.05, 4.69) is 24.1 Å². The van der Waals surface area contributed by atoms with Gasteiger partial charge in [-0.05, 0) is 51.4 Å². The van der Waals surface area contributed by atoms with E-state index in [-0.39, 0.29) is 5.92 Å². The molecule has 0 aromatic carbocycles. The largest absolute Gasteiger partial charge is 0.337 e. The zero-order valence-corrected chi connectivity index (χ0v) is 12.8. The molecule has 0 spiro atoms. The summed E-state index contributed by atoms with van der Waals surface area (Å²) in [7, 11) is 0. The monoisotopic (exact) mass is 279 g/mol. The van der Waals surface area contributed by atoms with Crippen LogP contribution in [0.25, 0.3) is 0 Å². The van der Waals surface area contributed by atoms with Crippen LogP contribution < -0.4 is 11.1 Å². The number of hydrogen-bond acceptors (Lipinski definition) is 3. The van der Waals surface area contributed by atoms with E-state index in [0.717, 1.165) is 25.9 Å². The first-order chi connectivity index (χ1) is 9.58. The Hall–Kier alpha value is -0.610. The van der Waals surface area contributed by atoms with Crippen LogP contribution in [0.5, 0.6) is 0 Å². The lowest BCUT2D eigenvalue weighted by Gasteiger charge is -2.46. The summed E-state index contributed by atoms with van der Waals surface area (Å²) in [6.07, 6.45) is 5.83. The Morgan fingerprint density at radius 1 is 1.20 bits per heavy atom. The molecule has 1 amide bonds. The van der Waals surface area contributed by atoms with Crippen LogP contribution in [0.3, 0.4) is 0 Å². The maximum atomic E-state index is 12.9. The van der Waals surface area contributed by atoms with Crippen molar-refractivity contribution in [1.82, 2.24) is 10.2 Å². The van der Waals surface area contributed by atoms with Crippen LogP contribution in [0.4, 0.5) is 0 Å². The van der Waals surface area contributed by atoms with E-state index >= 15 is 0 Å². The van der Waals surface area contributed by atoms with Gasteiger partial charge in [-0.1, -0.05) is 6.42 Å². The van der Waals surface area contributed by atoms with Crippen molar-refractivity contribution in [2.45, 2.75) is 64.1 Å². The average Bonchev–Trinajstić information content (AvgIpc) is 2.41. The second-order valence-electron chi connectivity index (χ2n) is 7.21. The van der Waals surface area contributed by atoms with Crippen molar-refractivity contribution in [2.24, 2.45) is 23.5 Å². The summed E-state index contributed by atoms with van der Waals surface area (Å²) in [5.41, 5.74) is 6.34. The molecule has 4 atom stereocenters. The molecule has 3 N–H and O–H groups in total. The lowest BCUT2D eigenvalue weighted by atomic mass is 9.65. The van der Waals surface area contributed by atoms with Gasteiger partial charge < -0.3 is 16.0 Å². The van der Waals surface area contributed by atoms with Gasteiger partial charge >= 0.3 is 0 Å². The molecule has 2 aliphatic carbocycles. The molecule has 20 heavy (non-hydrogen) atoms. The summed E-state index contributed by atoms with van der Waals surface area (Å²) < 4.78 is 0. The quantitative estimate of drug-likeness (QED) is 0.762. The van der Waals surface area contributed by atoms with Crippen LogP contribution in [0.1, 0.15) is 46.0 Å². The highest BCUT2D eigenvalue weighted by Crippen LogP contribution is 2.42. The summed E-state index contributed by atoms with van der Waals surface area (Å²) in [6, 6.07) is 1.07. The van der Waals surface area contributed by atoms with E-state index in [4.69, 9.17) is 5.73 Å². The van der Waals surface area contributed by atoms with Crippen LogP contribution in [-0.4, -0.2) is 42.0 Å². The van der Waals surface area contributed by atoms with Crippen molar-refractivity contribution in [1.29, 1.82) is 0 Å². The highest BCUT2D eigenvalue weighted by atomic mass is 16.2. The van der Waals surface area contributed by atoms with Gasteiger partial charge in [0.1, 0.15) is 0 Å². The lowest BCUT2D eigenvalue weighted by Crippen LogP contribution is -2.59. The zero-order valence-electron chi connectivity index (χ0n) is 12.8. The second kappa shape index (κ2) is 5.64. The van der Waals surface area contributed by atoms with Gasteiger partial charge in [0, 0.05) is 37.1 Å². The molecule has 114 valence electrons. The van der Waals surface area contributed by atoms with Crippen molar-refractivity contribution in [2.75, 3.05) is 13.1 Å². The number of nitrogens with one attached hydrogen (secondary N) is 1. The SMILES string of the molecule is CC1NCCN(C(=O)C2CC3CCCC(C2)C3N)C1C. The molecule has 1 heterocycles. The number of nitrogens with two attached hydrogens (primary N) is 1. The third kappa shape index (κ3) is 2.48. The molecule has 4 heteroatoms. The van der Waals surface area contributed by atoms with E-state index in [1.807, 2.05) is 0 Å². The molecule has 1 saturated heterocycles. The first-order valence-corrected chi connectivity index (χ1v) is 8.37. The predicted octanol–water partition coefficient (Wildman–Crippen LogP) is 1.35. The fourth-order valence-corrected chi connectivity index (χ4v) is 4.59. The average molecular weight is 279 g/mol. The number of piperazine rings is 1. The molecule has 2 saturated carbocycles. The van der Waals surface area contributed by atoms with Gasteiger partial charge in [0.2, 0.25) is 5.91 Å². The molecule has 0 aromatic rings. The minimum atomic E-state index is 0.234. The van der Waals surface area contributed by atoms with Crippen molar-refractivity contribution in [3.8, 4) is 0 Å². The Morgan fingerprint density at radius 3 is 2.50 bits per heavy atom. The van der Waals surface area contributed by atoms with Crippen LogP contribution in [0.2, 0.25) is 0 Å². The summed E-state index contributed by atoms with van der Waals surface area (Å²) in [5.74, 6) is 1.81. The van der Waals surface area contributed by atoms with Gasteiger partial charge in [-0.25, -0.2) is 0 Å². The standard InChI is InChI=1S/C16H29N3O/c1-10-11(2)19(7-6-18-10)16(20)14-8-12-4-3-5-13(9-14)15(12)17/h10-15,18H,3-9,17H2,1-2H3. The molecule has 2 bridgehead atoms. The Kier molecular flexibility index (Phi) is 4.04. The third-order valence-electron chi connectivity index (χ3n) is 6.08. The van der Waals surface area contributed by atoms with E-state index in [1.165, 1.54) is 19.3 Å². The smallest absolute Gasteiger partial charge is 0.226 e. The molecule has 0 aromatic heterocycles. The van der Waals surface area contributed by atoms with Crippen molar-refractivity contribution < 1.29 is 4.79 Å². The second-order valence-corrected chi connectivity index (χ2v) is 7.21. The Morgan fingerprint density at radius 2 is 1.85 bits per heavy atom. The van der Waals surface area contributed by atoms with Crippen LogP contribution in [-0.2, 0) is 4.79 Å². The molecule has 4 unspecified atom stereocenters. The van der Waals surface area contributed by atoms with E-state index in [1.54, 1.807) is 0 Å². The summed E-state index contributed by atoms with van der Waals surface area (Å²) >= 11 is 0. The first-order valence-electron chi connectivity index (χ1n) is 8.37. The first kappa shape index (κ1) is 14.3. The number of fused-ring (bicyclic) bond motifs is 2.